The van der Waals surface area contributed by atoms with Gasteiger partial charge in [0.15, 0.2) is 0 Å². The van der Waals surface area contributed by atoms with Crippen LogP contribution in [-0.4, -0.2) is 67.2 Å². The molecule has 6 aromatic rings. The van der Waals surface area contributed by atoms with Gasteiger partial charge in [-0.05, 0) is 101 Å². The number of nitrogens with one attached hydrogen (secondary N) is 5. The highest BCUT2D eigenvalue weighted by atomic mass is 19.3. The average molecular weight is 890 g/mol. The van der Waals surface area contributed by atoms with Crippen molar-refractivity contribution in [2.24, 2.45) is 14.1 Å². The highest BCUT2D eigenvalue weighted by Crippen LogP contribution is 2.46. The number of amides is 5. The van der Waals surface area contributed by atoms with Gasteiger partial charge < -0.3 is 44.6 Å². The first-order chi connectivity index (χ1) is 30.5. The van der Waals surface area contributed by atoms with Crippen molar-refractivity contribution in [3.8, 4) is 12.3 Å². The molecule has 0 bridgehead atoms. The molecule has 4 heterocycles. The number of nitrogens with zero attached hydrogens (tertiary/aromatic N) is 2. The summed E-state index contributed by atoms with van der Waals surface area (Å²) in [4.78, 5) is 93.8. The van der Waals surface area contributed by atoms with E-state index in [1.165, 1.54) is 29.2 Å². The van der Waals surface area contributed by atoms with Crippen LogP contribution in [-0.2, 0) is 35.0 Å². The fourth-order valence-electron chi connectivity index (χ4n) is 8.31. The second-order valence-electron chi connectivity index (χ2n) is 16.8. The van der Waals surface area contributed by atoms with Crippen LogP contribution >= 0.6 is 0 Å². The van der Waals surface area contributed by atoms with Crippen LogP contribution in [0.3, 0.4) is 0 Å². The highest BCUT2D eigenvalue weighted by Gasteiger charge is 2.62. The number of halogens is 2. The van der Waals surface area contributed by atoms with Crippen molar-refractivity contribution >= 4 is 74.4 Å². The van der Waals surface area contributed by atoms with E-state index in [-0.39, 0.29) is 51.6 Å². The summed E-state index contributed by atoms with van der Waals surface area (Å²) < 4.78 is 43.1. The third-order valence-electron chi connectivity index (χ3n) is 11.8. The first-order valence-corrected chi connectivity index (χ1v) is 20.3. The molecule has 2 aromatic carbocycles. The van der Waals surface area contributed by atoms with E-state index in [4.69, 9.17) is 15.3 Å². The average Bonchev–Trinajstić information content (AvgIpc) is 3.97. The van der Waals surface area contributed by atoms with Gasteiger partial charge in [-0.25, -0.2) is 8.78 Å². The molecular weight excluding hydrogens is 845 g/mol. The molecule has 7 rings (SSSR count). The van der Waals surface area contributed by atoms with Crippen LogP contribution in [0, 0.1) is 40.0 Å². The lowest BCUT2D eigenvalue weighted by molar-refractivity contribution is -0.165. The summed E-state index contributed by atoms with van der Waals surface area (Å²) in [7, 11) is 3.13. The lowest BCUT2D eigenvalue weighted by atomic mass is 9.72. The number of anilines is 2. The molecule has 0 radical (unpaired) electrons. The Morgan fingerprint density at radius 3 is 1.82 bits per heavy atom. The Hall–Kier alpha value is -7.81. The van der Waals surface area contributed by atoms with Crippen molar-refractivity contribution in [1.82, 2.24) is 25.1 Å². The smallest absolute Gasteiger partial charge is 0.293 e. The van der Waals surface area contributed by atoms with Crippen molar-refractivity contribution in [2.75, 3.05) is 10.6 Å². The summed E-state index contributed by atoms with van der Waals surface area (Å²) >= 11 is 0. The number of hydrogen-bond donors (Lipinski definition) is 5. The fraction of sp³-hybridized carbons (Fsp3) is 0.298. The minimum absolute atomic E-state index is 0.0662. The number of terminal acetylenes is 1. The van der Waals surface area contributed by atoms with Crippen molar-refractivity contribution in [1.29, 1.82) is 0 Å². The Morgan fingerprint density at radius 2 is 1.28 bits per heavy atom. The number of benzene rings is 2. The third-order valence-corrected chi connectivity index (χ3v) is 11.8. The molecule has 0 spiro atoms. The molecule has 1 aliphatic rings. The number of carbonyl (C=O) groups excluding carboxylic acids is 7. The van der Waals surface area contributed by atoms with E-state index in [2.05, 4.69) is 32.5 Å². The minimum atomic E-state index is -3.31. The highest BCUT2D eigenvalue weighted by molar-refractivity contribution is 6.44. The monoisotopic (exact) mass is 889 g/mol. The zero-order valence-electron chi connectivity index (χ0n) is 36.7. The molecule has 0 aliphatic heterocycles. The van der Waals surface area contributed by atoms with E-state index < -0.39 is 70.9 Å². The zero-order chi connectivity index (χ0) is 47.5. The Kier molecular flexibility index (Phi) is 11.4. The molecular formula is C47H45F2N7O9. The summed E-state index contributed by atoms with van der Waals surface area (Å²) in [5, 5.41) is 14.1. The summed E-state index contributed by atoms with van der Waals surface area (Å²) in [6.07, 6.45) is 4.83. The van der Waals surface area contributed by atoms with Crippen LogP contribution in [0.4, 0.5) is 20.2 Å². The van der Waals surface area contributed by atoms with Crippen molar-refractivity contribution in [3.05, 3.63) is 106 Å². The molecule has 5 N–H and O–H groups in total. The molecule has 1 fully saturated rings. The number of Topliss-reactive ketones (excluding diaryl/α,β-unsaturated/α-hetero) is 2. The van der Waals surface area contributed by atoms with Gasteiger partial charge in [-0.15, -0.1) is 6.42 Å². The second-order valence-corrected chi connectivity index (χ2v) is 16.8. The molecule has 1 saturated carbocycles. The summed E-state index contributed by atoms with van der Waals surface area (Å²) in [5.41, 5.74) is -0.146. The third kappa shape index (κ3) is 8.40. The number of ketones is 2. The van der Waals surface area contributed by atoms with E-state index in [1.807, 2.05) is 0 Å². The van der Waals surface area contributed by atoms with E-state index in [0.29, 0.717) is 33.6 Å². The molecule has 65 heavy (non-hydrogen) atoms. The molecule has 16 nitrogen and oxygen atoms in total. The number of carbonyl (C=O) groups is 7. The van der Waals surface area contributed by atoms with Gasteiger partial charge in [-0.1, -0.05) is 5.92 Å². The molecule has 0 unspecified atom stereocenters. The van der Waals surface area contributed by atoms with Gasteiger partial charge in [0.25, 0.3) is 41.1 Å². The lowest BCUT2D eigenvalue weighted by Crippen LogP contribution is -2.70. The van der Waals surface area contributed by atoms with Crippen LogP contribution in [0.2, 0.25) is 0 Å². The fourth-order valence-corrected chi connectivity index (χ4v) is 8.31. The van der Waals surface area contributed by atoms with E-state index in [1.54, 1.807) is 90.3 Å². The lowest BCUT2D eigenvalue weighted by Gasteiger charge is -2.45. The maximum absolute atomic E-state index is 14.5. The molecule has 336 valence electrons. The van der Waals surface area contributed by atoms with Crippen LogP contribution < -0.4 is 26.6 Å². The van der Waals surface area contributed by atoms with Gasteiger partial charge in [0, 0.05) is 60.5 Å². The Bertz CT molecular complexity index is 3080. The minimum Gasteiger partial charge on any atom is -0.464 e. The molecule has 1 aliphatic carbocycles. The van der Waals surface area contributed by atoms with E-state index in [0.717, 1.165) is 5.39 Å². The van der Waals surface area contributed by atoms with Gasteiger partial charge in [0.1, 0.15) is 33.9 Å². The maximum Gasteiger partial charge on any atom is 0.293 e. The summed E-state index contributed by atoms with van der Waals surface area (Å²) in [5.74, 6) is -6.99. The number of fused-ring (bicyclic) bond motifs is 2. The van der Waals surface area contributed by atoms with Gasteiger partial charge >= 0.3 is 0 Å². The van der Waals surface area contributed by atoms with E-state index in [9.17, 15) is 42.3 Å². The van der Waals surface area contributed by atoms with Gasteiger partial charge in [-0.3, -0.25) is 33.6 Å². The second kappa shape index (κ2) is 16.4. The number of alkyl halides is 2. The summed E-state index contributed by atoms with van der Waals surface area (Å²) in [6, 6.07) is 13.0. The van der Waals surface area contributed by atoms with Crippen molar-refractivity contribution in [2.45, 2.75) is 77.9 Å². The Morgan fingerprint density at radius 1 is 0.754 bits per heavy atom. The maximum atomic E-state index is 14.5. The standard InChI is InChI=1S/C47H45F2N7O9/c1-10-45(6,7)53-42(61)38(57)34-23(2)36(55(8)25(34)4)41(60)52-30-12-14-33-28(18-30)19-31(65-33)20-50-44(63)46(21-47(48,49)22-46)54-43(62)39(58)35-24(3)37(56(9)26(35)5)40(59)51-29-11-13-32-27(17-29)15-16-64-32/h1,11-19H,20-22H2,2-9H3,(H,50,63)(H,51,59)(H,52,60)(H,53,61)(H,54,62). The number of aromatic nitrogens is 2. The first-order valence-electron chi connectivity index (χ1n) is 20.3. The number of hydrogen-bond acceptors (Lipinski definition) is 9. The first kappa shape index (κ1) is 45.2. The Labute approximate surface area is 370 Å². The van der Waals surface area contributed by atoms with E-state index >= 15 is 0 Å². The molecule has 0 atom stereocenters. The van der Waals surface area contributed by atoms with Gasteiger partial charge in [0.2, 0.25) is 5.91 Å². The molecule has 4 aromatic heterocycles. The predicted molar refractivity (Wildman–Crippen MR) is 235 cm³/mol. The van der Waals surface area contributed by atoms with Gasteiger partial charge in [0.05, 0.1) is 29.5 Å². The molecule has 18 heteroatoms. The normalized spacial score (nSPS) is 14.0. The quantitative estimate of drug-likeness (QED) is 0.0515. The SMILES string of the molecule is C#CC(C)(C)NC(=O)C(=O)c1c(C)c(C(=O)Nc2ccc3oc(CNC(=O)C4(NC(=O)C(=O)c5c(C)c(C(=O)Nc6ccc7occc7c6)n(C)c5C)CC(F)(F)C4)cc3c2)n(C)c1C. The largest absolute Gasteiger partial charge is 0.464 e. The predicted octanol–water partition coefficient (Wildman–Crippen LogP) is 6.09. The van der Waals surface area contributed by atoms with Crippen LogP contribution in [0.25, 0.3) is 21.9 Å². The van der Waals surface area contributed by atoms with Crippen molar-refractivity contribution in [3.63, 3.8) is 0 Å². The molecule has 5 amide bonds. The summed E-state index contributed by atoms with van der Waals surface area (Å²) in [6.45, 7) is 9.03. The number of furan rings is 2. The Balaban J connectivity index is 1.02. The molecule has 0 saturated heterocycles. The zero-order valence-corrected chi connectivity index (χ0v) is 36.7. The van der Waals surface area contributed by atoms with Crippen LogP contribution in [0.15, 0.2) is 63.6 Å². The van der Waals surface area contributed by atoms with Crippen LogP contribution in [0.1, 0.15) is 96.7 Å². The topological polar surface area (TPSA) is 216 Å². The van der Waals surface area contributed by atoms with Crippen molar-refractivity contribution < 1.29 is 51.2 Å². The van der Waals surface area contributed by atoms with Gasteiger partial charge in [-0.2, -0.15) is 0 Å². The number of rotatable bonds is 13. The van der Waals surface area contributed by atoms with Crippen LogP contribution in [0.5, 0.6) is 0 Å².